The van der Waals surface area contributed by atoms with Crippen molar-refractivity contribution in [3.63, 3.8) is 0 Å². The van der Waals surface area contributed by atoms with E-state index in [0.717, 1.165) is 22.3 Å². The first-order chi connectivity index (χ1) is 13.8. The van der Waals surface area contributed by atoms with Gasteiger partial charge < -0.3 is 4.74 Å². The molecule has 0 radical (unpaired) electrons. The van der Waals surface area contributed by atoms with Gasteiger partial charge in [-0.1, -0.05) is 65.8 Å². The van der Waals surface area contributed by atoms with Gasteiger partial charge >= 0.3 is 0 Å². The molecule has 4 nitrogen and oxygen atoms in total. The second-order valence-corrected chi connectivity index (χ2v) is 7.76. The van der Waals surface area contributed by atoms with Crippen LogP contribution in [0.15, 0.2) is 71.9 Å². The van der Waals surface area contributed by atoms with Crippen molar-refractivity contribution in [2.45, 2.75) is 17.5 Å². The Kier molecular flexibility index (Phi) is 5.95. The summed E-state index contributed by atoms with van der Waals surface area (Å²) in [6.07, 6.45) is 0. The largest absolute Gasteiger partial charge is 0.383 e. The van der Waals surface area contributed by atoms with E-state index in [0.29, 0.717) is 18.2 Å². The first-order valence-corrected chi connectivity index (χ1v) is 10.4. The quantitative estimate of drug-likeness (QED) is 0.367. The zero-order valence-electron chi connectivity index (χ0n) is 15.5. The number of rotatable bonds is 7. The molecule has 1 aromatic heterocycles. The first kappa shape index (κ1) is 19.0. The summed E-state index contributed by atoms with van der Waals surface area (Å²) >= 11 is 7.72. The predicted octanol–water partition coefficient (Wildman–Crippen LogP) is 5.69. The van der Waals surface area contributed by atoms with E-state index in [-0.39, 0.29) is 0 Å². The molecule has 0 N–H and O–H groups in total. The fourth-order valence-corrected chi connectivity index (χ4v) is 4.25. The van der Waals surface area contributed by atoms with Crippen LogP contribution < -0.4 is 0 Å². The van der Waals surface area contributed by atoms with Gasteiger partial charge in [-0.2, -0.15) is 0 Å². The minimum absolute atomic E-state index is 0.598. The number of hydrogen-bond donors (Lipinski definition) is 0. The van der Waals surface area contributed by atoms with Crippen molar-refractivity contribution in [1.82, 2.24) is 14.8 Å². The van der Waals surface area contributed by atoms with E-state index in [2.05, 4.69) is 57.2 Å². The lowest BCUT2D eigenvalue weighted by atomic mass is 10.1. The van der Waals surface area contributed by atoms with Gasteiger partial charge in [0.2, 0.25) is 0 Å². The zero-order chi connectivity index (χ0) is 19.3. The summed E-state index contributed by atoms with van der Waals surface area (Å²) in [5, 5.41) is 13.0. The molecular weight excluding hydrogens is 390 g/mol. The minimum atomic E-state index is 0.598. The number of thioether (sulfide) groups is 1. The van der Waals surface area contributed by atoms with Crippen LogP contribution in [0.1, 0.15) is 5.56 Å². The molecule has 4 aromatic rings. The van der Waals surface area contributed by atoms with Crippen LogP contribution in [0.3, 0.4) is 0 Å². The molecule has 3 aromatic carbocycles. The molecule has 0 aliphatic rings. The lowest BCUT2D eigenvalue weighted by Crippen LogP contribution is -2.07. The van der Waals surface area contributed by atoms with Gasteiger partial charge in [0.1, 0.15) is 0 Å². The lowest BCUT2D eigenvalue weighted by Gasteiger charge is -2.10. The van der Waals surface area contributed by atoms with Gasteiger partial charge in [0.05, 0.1) is 13.2 Å². The number of hydrogen-bond acceptors (Lipinski definition) is 4. The maximum Gasteiger partial charge on any atom is 0.191 e. The molecule has 142 valence electrons. The molecule has 0 atom stereocenters. The van der Waals surface area contributed by atoms with Gasteiger partial charge in [0.15, 0.2) is 11.0 Å². The molecule has 0 spiro atoms. The maximum atomic E-state index is 6.03. The Morgan fingerprint density at radius 1 is 0.964 bits per heavy atom. The SMILES string of the molecule is COCCn1c(SCc2cccc3ccccc23)nnc1-c1ccc(Cl)cc1. The third-order valence-corrected chi connectivity index (χ3v) is 5.84. The fourth-order valence-electron chi connectivity index (χ4n) is 3.15. The van der Waals surface area contributed by atoms with Crippen LogP contribution in [0.5, 0.6) is 0 Å². The topological polar surface area (TPSA) is 39.9 Å². The van der Waals surface area contributed by atoms with Gasteiger partial charge in [-0.05, 0) is 40.6 Å². The van der Waals surface area contributed by atoms with E-state index in [9.17, 15) is 0 Å². The van der Waals surface area contributed by atoms with E-state index in [1.807, 2.05) is 24.3 Å². The molecule has 0 amide bonds. The van der Waals surface area contributed by atoms with Crippen LogP contribution in [0.25, 0.3) is 22.2 Å². The second kappa shape index (κ2) is 8.78. The third kappa shape index (κ3) is 4.07. The Labute approximate surface area is 173 Å². The summed E-state index contributed by atoms with van der Waals surface area (Å²) in [7, 11) is 1.70. The number of benzene rings is 3. The van der Waals surface area contributed by atoms with E-state index >= 15 is 0 Å². The summed E-state index contributed by atoms with van der Waals surface area (Å²) in [4.78, 5) is 0. The number of ether oxygens (including phenoxy) is 1. The van der Waals surface area contributed by atoms with Crippen molar-refractivity contribution < 1.29 is 4.74 Å². The summed E-state index contributed by atoms with van der Waals surface area (Å²) in [5.74, 6) is 1.65. The van der Waals surface area contributed by atoms with Crippen molar-refractivity contribution >= 4 is 34.1 Å². The fraction of sp³-hybridized carbons (Fsp3) is 0.182. The van der Waals surface area contributed by atoms with Crippen molar-refractivity contribution in [2.24, 2.45) is 0 Å². The highest BCUT2D eigenvalue weighted by atomic mass is 35.5. The minimum Gasteiger partial charge on any atom is -0.383 e. The molecular formula is C22H20ClN3OS. The first-order valence-electron chi connectivity index (χ1n) is 9.04. The van der Waals surface area contributed by atoms with Crippen molar-refractivity contribution in [3.05, 3.63) is 77.3 Å². The number of methoxy groups -OCH3 is 1. The smallest absolute Gasteiger partial charge is 0.191 e. The highest BCUT2D eigenvalue weighted by Gasteiger charge is 2.15. The van der Waals surface area contributed by atoms with E-state index in [4.69, 9.17) is 16.3 Å². The van der Waals surface area contributed by atoms with Gasteiger partial charge in [-0.3, -0.25) is 4.57 Å². The molecule has 0 aliphatic carbocycles. The summed E-state index contributed by atoms with van der Waals surface area (Å²) in [5.41, 5.74) is 2.28. The molecule has 4 rings (SSSR count). The Morgan fingerprint density at radius 3 is 2.57 bits per heavy atom. The molecule has 0 aliphatic heterocycles. The Bertz CT molecular complexity index is 1070. The van der Waals surface area contributed by atoms with Crippen LogP contribution in [0.2, 0.25) is 5.02 Å². The van der Waals surface area contributed by atoms with Crippen LogP contribution in [0, 0.1) is 0 Å². The highest BCUT2D eigenvalue weighted by Crippen LogP contribution is 2.29. The summed E-state index contributed by atoms with van der Waals surface area (Å²) in [6, 6.07) is 22.5. The van der Waals surface area contributed by atoms with Crippen molar-refractivity contribution in [1.29, 1.82) is 0 Å². The standard InChI is InChI=1S/C22H20ClN3OS/c1-27-14-13-26-21(17-9-11-19(23)12-10-17)24-25-22(26)28-15-18-7-4-6-16-5-2-3-8-20(16)18/h2-12H,13-15H2,1H3. The normalized spacial score (nSPS) is 11.2. The average Bonchev–Trinajstić information content (AvgIpc) is 3.14. The Hall–Kier alpha value is -2.34. The maximum absolute atomic E-state index is 6.03. The Balaban J connectivity index is 1.62. The van der Waals surface area contributed by atoms with Gasteiger partial charge in [-0.15, -0.1) is 10.2 Å². The monoisotopic (exact) mass is 409 g/mol. The molecule has 6 heteroatoms. The number of fused-ring (bicyclic) bond motifs is 1. The van der Waals surface area contributed by atoms with Crippen LogP contribution >= 0.6 is 23.4 Å². The average molecular weight is 410 g/mol. The summed E-state index contributed by atoms with van der Waals surface area (Å²) in [6.45, 7) is 1.29. The third-order valence-electron chi connectivity index (χ3n) is 4.57. The summed E-state index contributed by atoms with van der Waals surface area (Å²) < 4.78 is 7.41. The molecule has 0 saturated carbocycles. The molecule has 28 heavy (non-hydrogen) atoms. The Morgan fingerprint density at radius 2 is 1.75 bits per heavy atom. The van der Waals surface area contributed by atoms with Crippen LogP contribution in [0.4, 0.5) is 0 Å². The van der Waals surface area contributed by atoms with E-state index < -0.39 is 0 Å². The number of nitrogens with zero attached hydrogens (tertiary/aromatic N) is 3. The zero-order valence-corrected chi connectivity index (χ0v) is 17.1. The second-order valence-electron chi connectivity index (χ2n) is 6.38. The van der Waals surface area contributed by atoms with E-state index in [1.165, 1.54) is 16.3 Å². The van der Waals surface area contributed by atoms with Crippen molar-refractivity contribution in [2.75, 3.05) is 13.7 Å². The number of halogens is 1. The lowest BCUT2D eigenvalue weighted by molar-refractivity contribution is 0.185. The van der Waals surface area contributed by atoms with Gasteiger partial charge in [0, 0.05) is 23.4 Å². The van der Waals surface area contributed by atoms with E-state index in [1.54, 1.807) is 18.9 Å². The van der Waals surface area contributed by atoms with Gasteiger partial charge in [-0.25, -0.2) is 0 Å². The molecule has 0 unspecified atom stereocenters. The van der Waals surface area contributed by atoms with Gasteiger partial charge in [0.25, 0.3) is 0 Å². The molecule has 0 fully saturated rings. The van der Waals surface area contributed by atoms with Crippen molar-refractivity contribution in [3.8, 4) is 11.4 Å². The molecule has 0 bridgehead atoms. The van der Waals surface area contributed by atoms with Crippen LogP contribution in [-0.4, -0.2) is 28.5 Å². The highest BCUT2D eigenvalue weighted by molar-refractivity contribution is 7.98. The number of aromatic nitrogens is 3. The predicted molar refractivity (Wildman–Crippen MR) is 116 cm³/mol. The van der Waals surface area contributed by atoms with Crippen LogP contribution in [-0.2, 0) is 17.0 Å². The molecule has 0 saturated heterocycles. The molecule has 1 heterocycles.